The van der Waals surface area contributed by atoms with Crippen LogP contribution in [0.5, 0.6) is 0 Å². The molecular weight excluding hydrogens is 232 g/mol. The smallest absolute Gasteiger partial charge is 0.226 e. The number of aromatic amines is 1. The van der Waals surface area contributed by atoms with Crippen LogP contribution in [0.25, 0.3) is 11.2 Å². The first kappa shape index (κ1) is 11.2. The number of morpholine rings is 1. The van der Waals surface area contributed by atoms with Crippen LogP contribution in [0.2, 0.25) is 0 Å². The van der Waals surface area contributed by atoms with Gasteiger partial charge in [0.2, 0.25) is 5.95 Å². The van der Waals surface area contributed by atoms with Crippen molar-refractivity contribution in [3.8, 4) is 0 Å². The van der Waals surface area contributed by atoms with E-state index in [1.807, 2.05) is 6.92 Å². The zero-order valence-electron chi connectivity index (χ0n) is 10.3. The van der Waals surface area contributed by atoms with Crippen molar-refractivity contribution < 1.29 is 4.74 Å². The summed E-state index contributed by atoms with van der Waals surface area (Å²) in [7, 11) is 0. The first-order valence-corrected chi connectivity index (χ1v) is 6.16. The molecule has 3 rings (SSSR count). The Morgan fingerprint density at radius 1 is 1.39 bits per heavy atom. The maximum Gasteiger partial charge on any atom is 0.226 e. The molecule has 0 spiro atoms. The van der Waals surface area contributed by atoms with Crippen LogP contribution in [0, 0.1) is 0 Å². The van der Waals surface area contributed by atoms with Crippen molar-refractivity contribution in [1.82, 2.24) is 19.9 Å². The van der Waals surface area contributed by atoms with Gasteiger partial charge in [-0.2, -0.15) is 9.97 Å². The van der Waals surface area contributed by atoms with Crippen molar-refractivity contribution >= 4 is 22.9 Å². The topological polar surface area (TPSA) is 79.0 Å². The molecule has 1 aliphatic rings. The maximum absolute atomic E-state index is 5.37. The summed E-state index contributed by atoms with van der Waals surface area (Å²) in [6, 6.07) is 0. The number of aromatic nitrogens is 4. The highest BCUT2D eigenvalue weighted by Gasteiger charge is 2.18. The van der Waals surface area contributed by atoms with E-state index in [1.165, 1.54) is 0 Å². The van der Waals surface area contributed by atoms with Crippen molar-refractivity contribution in [3.05, 3.63) is 6.33 Å². The van der Waals surface area contributed by atoms with Crippen LogP contribution < -0.4 is 10.2 Å². The van der Waals surface area contributed by atoms with Crippen LogP contribution in [-0.2, 0) is 4.74 Å². The Balaban J connectivity index is 2.03. The normalized spacial score (nSPS) is 16.2. The number of hydrogen-bond acceptors (Lipinski definition) is 6. The van der Waals surface area contributed by atoms with E-state index in [0.29, 0.717) is 11.6 Å². The molecule has 2 aromatic heterocycles. The monoisotopic (exact) mass is 248 g/mol. The number of fused-ring (bicyclic) bond motifs is 1. The second-order valence-electron chi connectivity index (χ2n) is 4.10. The predicted molar refractivity (Wildman–Crippen MR) is 68.9 cm³/mol. The Kier molecular flexibility index (Phi) is 2.97. The molecule has 0 bridgehead atoms. The van der Waals surface area contributed by atoms with Gasteiger partial charge in [0, 0.05) is 19.6 Å². The van der Waals surface area contributed by atoms with Crippen molar-refractivity contribution in [1.29, 1.82) is 0 Å². The van der Waals surface area contributed by atoms with E-state index in [-0.39, 0.29) is 0 Å². The third kappa shape index (κ3) is 1.97. The number of imidazole rings is 1. The molecule has 7 heteroatoms. The fourth-order valence-corrected chi connectivity index (χ4v) is 2.06. The quantitative estimate of drug-likeness (QED) is 0.829. The van der Waals surface area contributed by atoms with Gasteiger partial charge in [-0.3, -0.25) is 0 Å². The zero-order valence-corrected chi connectivity index (χ0v) is 10.3. The van der Waals surface area contributed by atoms with Crippen LogP contribution >= 0.6 is 0 Å². The molecule has 2 N–H and O–H groups in total. The summed E-state index contributed by atoms with van der Waals surface area (Å²) in [4.78, 5) is 18.4. The largest absolute Gasteiger partial charge is 0.378 e. The average Bonchev–Trinajstić information content (AvgIpc) is 2.87. The Hall–Kier alpha value is -1.89. The molecule has 1 aliphatic heterocycles. The third-order valence-electron chi connectivity index (χ3n) is 2.91. The Bertz CT molecular complexity index is 533. The molecular formula is C11H16N6O. The lowest BCUT2D eigenvalue weighted by Crippen LogP contribution is -2.37. The van der Waals surface area contributed by atoms with Gasteiger partial charge in [-0.05, 0) is 6.92 Å². The zero-order chi connectivity index (χ0) is 12.4. The van der Waals surface area contributed by atoms with Gasteiger partial charge in [0.1, 0.15) is 5.52 Å². The Labute approximate surface area is 105 Å². The van der Waals surface area contributed by atoms with Crippen molar-refractivity contribution in [2.24, 2.45) is 0 Å². The molecule has 1 saturated heterocycles. The Morgan fingerprint density at radius 2 is 2.22 bits per heavy atom. The third-order valence-corrected chi connectivity index (χ3v) is 2.91. The fourth-order valence-electron chi connectivity index (χ4n) is 2.06. The van der Waals surface area contributed by atoms with E-state index in [0.717, 1.165) is 44.2 Å². The number of H-pyrrole nitrogens is 1. The molecule has 0 atom stereocenters. The van der Waals surface area contributed by atoms with Crippen LogP contribution in [0.4, 0.5) is 11.8 Å². The molecule has 96 valence electrons. The minimum Gasteiger partial charge on any atom is -0.378 e. The summed E-state index contributed by atoms with van der Waals surface area (Å²) >= 11 is 0. The number of nitrogens with zero attached hydrogens (tertiary/aromatic N) is 4. The highest BCUT2D eigenvalue weighted by Crippen LogP contribution is 2.23. The lowest BCUT2D eigenvalue weighted by Gasteiger charge is -2.28. The second-order valence-corrected chi connectivity index (χ2v) is 4.10. The van der Waals surface area contributed by atoms with Gasteiger partial charge in [-0.25, -0.2) is 4.98 Å². The van der Waals surface area contributed by atoms with Crippen molar-refractivity contribution in [2.45, 2.75) is 6.92 Å². The second kappa shape index (κ2) is 4.77. The first-order valence-electron chi connectivity index (χ1n) is 6.16. The van der Waals surface area contributed by atoms with Gasteiger partial charge in [0.25, 0.3) is 0 Å². The van der Waals surface area contributed by atoms with E-state index < -0.39 is 0 Å². The Morgan fingerprint density at radius 3 is 3.00 bits per heavy atom. The highest BCUT2D eigenvalue weighted by atomic mass is 16.5. The molecule has 7 nitrogen and oxygen atoms in total. The van der Waals surface area contributed by atoms with Gasteiger partial charge < -0.3 is 19.9 Å². The summed E-state index contributed by atoms with van der Waals surface area (Å²) in [5.74, 6) is 1.52. The van der Waals surface area contributed by atoms with Gasteiger partial charge >= 0.3 is 0 Å². The molecule has 18 heavy (non-hydrogen) atoms. The molecule has 0 aromatic carbocycles. The van der Waals surface area contributed by atoms with Gasteiger partial charge in [-0.1, -0.05) is 0 Å². The lowest BCUT2D eigenvalue weighted by molar-refractivity contribution is 0.122. The number of hydrogen-bond donors (Lipinski definition) is 2. The molecule has 0 aliphatic carbocycles. The number of ether oxygens (including phenoxy) is 1. The summed E-state index contributed by atoms with van der Waals surface area (Å²) < 4.78 is 5.37. The standard InChI is InChI=1S/C11H16N6O/c1-2-12-11-15-9-8(13-7-14-9)10(16-11)17-3-5-18-6-4-17/h7H,2-6H2,1H3,(H2,12,13,14,15,16). The SMILES string of the molecule is CCNc1nc(N2CCOCC2)c2[nH]cnc2n1. The number of anilines is 2. The summed E-state index contributed by atoms with van der Waals surface area (Å²) in [6.45, 7) is 5.96. The number of nitrogens with one attached hydrogen (secondary N) is 2. The maximum atomic E-state index is 5.37. The summed E-state index contributed by atoms with van der Waals surface area (Å²) in [6.07, 6.45) is 1.65. The van der Waals surface area contributed by atoms with E-state index in [4.69, 9.17) is 4.74 Å². The molecule has 0 amide bonds. The van der Waals surface area contributed by atoms with Crippen LogP contribution in [0.1, 0.15) is 6.92 Å². The average molecular weight is 248 g/mol. The van der Waals surface area contributed by atoms with E-state index in [1.54, 1.807) is 6.33 Å². The lowest BCUT2D eigenvalue weighted by atomic mass is 10.4. The summed E-state index contributed by atoms with van der Waals surface area (Å²) in [5, 5.41) is 3.13. The van der Waals surface area contributed by atoms with E-state index in [2.05, 4.69) is 30.2 Å². The molecule has 0 unspecified atom stereocenters. The highest BCUT2D eigenvalue weighted by molar-refractivity contribution is 5.84. The predicted octanol–water partition coefficient (Wildman–Crippen LogP) is 0.621. The minimum atomic E-state index is 0.624. The van der Waals surface area contributed by atoms with Crippen LogP contribution in [0.3, 0.4) is 0 Å². The molecule has 0 saturated carbocycles. The van der Waals surface area contributed by atoms with Gasteiger partial charge in [0.15, 0.2) is 11.5 Å². The molecule has 0 radical (unpaired) electrons. The van der Waals surface area contributed by atoms with Crippen LogP contribution in [0.15, 0.2) is 6.33 Å². The van der Waals surface area contributed by atoms with Gasteiger partial charge in [0.05, 0.1) is 19.5 Å². The molecule has 3 heterocycles. The van der Waals surface area contributed by atoms with E-state index >= 15 is 0 Å². The van der Waals surface area contributed by atoms with Crippen LogP contribution in [-0.4, -0.2) is 52.8 Å². The molecule has 1 fully saturated rings. The van der Waals surface area contributed by atoms with E-state index in [9.17, 15) is 0 Å². The van der Waals surface area contributed by atoms with Crippen molar-refractivity contribution in [2.75, 3.05) is 43.1 Å². The van der Waals surface area contributed by atoms with Gasteiger partial charge in [-0.15, -0.1) is 0 Å². The summed E-state index contributed by atoms with van der Waals surface area (Å²) in [5.41, 5.74) is 1.58. The minimum absolute atomic E-state index is 0.624. The molecule has 2 aromatic rings. The number of rotatable bonds is 3. The first-order chi connectivity index (χ1) is 8.88. The van der Waals surface area contributed by atoms with Crippen molar-refractivity contribution in [3.63, 3.8) is 0 Å². The fraction of sp³-hybridized carbons (Fsp3) is 0.545.